The van der Waals surface area contributed by atoms with E-state index in [0.717, 1.165) is 44.2 Å². The fourth-order valence-electron chi connectivity index (χ4n) is 4.16. The standard InChI is InChI=1S/C19H27FN2O2/c1-13-16(12-23)3-2-10-22(13)19(24)21-18-9-6-15(11-18)14-4-7-17(20)8-5-14/h4-5,7-8,13,15-16,18,23H,2-3,6,9-12H2,1H3,(H,21,24). The third-order valence-electron chi connectivity index (χ3n) is 5.74. The summed E-state index contributed by atoms with van der Waals surface area (Å²) in [6, 6.07) is 6.96. The first-order chi connectivity index (χ1) is 11.6. The Hall–Kier alpha value is -1.62. The molecule has 132 valence electrons. The molecule has 1 saturated heterocycles. The van der Waals surface area contributed by atoms with Crippen LogP contribution in [0.1, 0.15) is 50.5 Å². The number of hydrogen-bond donors (Lipinski definition) is 2. The van der Waals surface area contributed by atoms with Crippen molar-refractivity contribution >= 4 is 6.03 Å². The summed E-state index contributed by atoms with van der Waals surface area (Å²) >= 11 is 0. The lowest BCUT2D eigenvalue weighted by atomic mass is 9.91. The number of hydrogen-bond acceptors (Lipinski definition) is 2. The van der Waals surface area contributed by atoms with E-state index in [1.807, 2.05) is 24.0 Å². The lowest BCUT2D eigenvalue weighted by Gasteiger charge is -2.39. The zero-order valence-corrected chi connectivity index (χ0v) is 14.2. The molecule has 1 saturated carbocycles. The van der Waals surface area contributed by atoms with Gasteiger partial charge in [-0.2, -0.15) is 0 Å². The maximum absolute atomic E-state index is 13.0. The molecular formula is C19H27FN2O2. The van der Waals surface area contributed by atoms with Gasteiger partial charge in [-0.3, -0.25) is 0 Å². The summed E-state index contributed by atoms with van der Waals surface area (Å²) in [4.78, 5) is 14.5. The van der Waals surface area contributed by atoms with Gasteiger partial charge in [-0.25, -0.2) is 9.18 Å². The second-order valence-corrected chi connectivity index (χ2v) is 7.23. The molecule has 3 rings (SSSR count). The van der Waals surface area contributed by atoms with Crippen molar-refractivity contribution in [2.24, 2.45) is 5.92 Å². The molecule has 1 heterocycles. The van der Waals surface area contributed by atoms with Crippen molar-refractivity contribution in [1.82, 2.24) is 10.2 Å². The van der Waals surface area contributed by atoms with Gasteiger partial charge < -0.3 is 15.3 Å². The number of rotatable bonds is 3. The molecule has 1 aromatic carbocycles. The Morgan fingerprint density at radius 3 is 2.75 bits per heavy atom. The van der Waals surface area contributed by atoms with E-state index in [2.05, 4.69) is 5.32 Å². The van der Waals surface area contributed by atoms with Crippen LogP contribution in [0.5, 0.6) is 0 Å². The minimum atomic E-state index is -0.209. The summed E-state index contributed by atoms with van der Waals surface area (Å²) in [6.45, 7) is 2.92. The molecule has 2 aliphatic rings. The largest absolute Gasteiger partial charge is 0.396 e. The van der Waals surface area contributed by atoms with Crippen LogP contribution in [0.25, 0.3) is 0 Å². The van der Waals surface area contributed by atoms with Crippen molar-refractivity contribution in [2.45, 2.75) is 57.0 Å². The van der Waals surface area contributed by atoms with Crippen molar-refractivity contribution in [3.05, 3.63) is 35.6 Å². The summed E-state index contributed by atoms with van der Waals surface area (Å²) in [7, 11) is 0. The number of aliphatic hydroxyl groups excluding tert-OH is 1. The van der Waals surface area contributed by atoms with Crippen LogP contribution in [-0.2, 0) is 0 Å². The van der Waals surface area contributed by atoms with Crippen molar-refractivity contribution in [1.29, 1.82) is 0 Å². The van der Waals surface area contributed by atoms with Crippen LogP contribution in [0.2, 0.25) is 0 Å². The van der Waals surface area contributed by atoms with Gasteiger partial charge >= 0.3 is 6.03 Å². The SMILES string of the molecule is CC1C(CO)CCCN1C(=O)NC1CCC(c2ccc(F)cc2)C1. The van der Waals surface area contributed by atoms with Crippen molar-refractivity contribution < 1.29 is 14.3 Å². The summed E-state index contributed by atoms with van der Waals surface area (Å²) in [5.74, 6) is 0.360. The maximum Gasteiger partial charge on any atom is 0.317 e. The Morgan fingerprint density at radius 2 is 2.04 bits per heavy atom. The highest BCUT2D eigenvalue weighted by atomic mass is 19.1. The number of aliphatic hydroxyl groups is 1. The highest BCUT2D eigenvalue weighted by Crippen LogP contribution is 2.34. The summed E-state index contributed by atoms with van der Waals surface area (Å²) in [5, 5.41) is 12.6. The van der Waals surface area contributed by atoms with E-state index in [1.54, 1.807) is 0 Å². The lowest BCUT2D eigenvalue weighted by Crippen LogP contribution is -2.53. The Balaban J connectivity index is 1.55. The molecule has 0 spiro atoms. The molecule has 2 N–H and O–H groups in total. The number of urea groups is 1. The first-order valence-corrected chi connectivity index (χ1v) is 9.02. The number of carbonyl (C=O) groups excluding carboxylic acids is 1. The Bertz CT molecular complexity index is 563. The Kier molecular flexibility index (Phi) is 5.39. The highest BCUT2D eigenvalue weighted by Gasteiger charge is 2.33. The van der Waals surface area contributed by atoms with Gasteiger partial charge in [-0.05, 0) is 62.6 Å². The molecule has 4 atom stereocenters. The topological polar surface area (TPSA) is 52.6 Å². The van der Waals surface area contributed by atoms with Gasteiger partial charge in [-0.1, -0.05) is 12.1 Å². The fraction of sp³-hybridized carbons (Fsp3) is 0.632. The molecule has 4 unspecified atom stereocenters. The van der Waals surface area contributed by atoms with Crippen LogP contribution in [0, 0.1) is 11.7 Å². The number of carbonyl (C=O) groups is 1. The highest BCUT2D eigenvalue weighted by molar-refractivity contribution is 5.75. The van der Waals surface area contributed by atoms with E-state index in [-0.39, 0.29) is 36.5 Å². The average molecular weight is 334 g/mol. The molecular weight excluding hydrogens is 307 g/mol. The number of piperidine rings is 1. The van der Waals surface area contributed by atoms with Crippen LogP contribution in [0.3, 0.4) is 0 Å². The minimum Gasteiger partial charge on any atom is -0.396 e. The Labute approximate surface area is 143 Å². The minimum absolute atomic E-state index is 0.00888. The molecule has 5 heteroatoms. The van der Waals surface area contributed by atoms with Gasteiger partial charge in [-0.15, -0.1) is 0 Å². The van der Waals surface area contributed by atoms with Gasteiger partial charge in [0.25, 0.3) is 0 Å². The smallest absolute Gasteiger partial charge is 0.317 e. The molecule has 1 aliphatic heterocycles. The third-order valence-corrected chi connectivity index (χ3v) is 5.74. The van der Waals surface area contributed by atoms with Crippen LogP contribution in [-0.4, -0.2) is 41.3 Å². The van der Waals surface area contributed by atoms with Crippen LogP contribution in [0.15, 0.2) is 24.3 Å². The van der Waals surface area contributed by atoms with Crippen molar-refractivity contribution in [3.63, 3.8) is 0 Å². The predicted molar refractivity (Wildman–Crippen MR) is 91.3 cm³/mol. The van der Waals surface area contributed by atoms with Gasteiger partial charge in [0.1, 0.15) is 5.82 Å². The second-order valence-electron chi connectivity index (χ2n) is 7.23. The van der Waals surface area contributed by atoms with Gasteiger partial charge in [0.2, 0.25) is 0 Å². The van der Waals surface area contributed by atoms with Crippen LogP contribution >= 0.6 is 0 Å². The molecule has 24 heavy (non-hydrogen) atoms. The molecule has 4 nitrogen and oxygen atoms in total. The number of amides is 2. The zero-order valence-electron chi connectivity index (χ0n) is 14.2. The monoisotopic (exact) mass is 334 g/mol. The van der Waals surface area contributed by atoms with Crippen molar-refractivity contribution in [3.8, 4) is 0 Å². The van der Waals surface area contributed by atoms with Gasteiger partial charge in [0.15, 0.2) is 0 Å². The molecule has 2 fully saturated rings. The quantitative estimate of drug-likeness (QED) is 0.891. The molecule has 0 aromatic heterocycles. The molecule has 0 radical (unpaired) electrons. The van der Waals surface area contributed by atoms with Crippen molar-refractivity contribution in [2.75, 3.05) is 13.2 Å². The third kappa shape index (κ3) is 3.72. The van der Waals surface area contributed by atoms with E-state index < -0.39 is 0 Å². The lowest BCUT2D eigenvalue weighted by molar-refractivity contribution is 0.0841. The van der Waals surface area contributed by atoms with E-state index >= 15 is 0 Å². The second kappa shape index (κ2) is 7.51. The van der Waals surface area contributed by atoms with Gasteiger partial charge in [0.05, 0.1) is 0 Å². The number of likely N-dealkylation sites (tertiary alicyclic amines) is 1. The fourth-order valence-corrected chi connectivity index (χ4v) is 4.16. The first kappa shape index (κ1) is 17.2. The van der Waals surface area contributed by atoms with Crippen LogP contribution in [0.4, 0.5) is 9.18 Å². The number of benzene rings is 1. The zero-order chi connectivity index (χ0) is 17.1. The maximum atomic E-state index is 13.0. The molecule has 2 amide bonds. The first-order valence-electron chi connectivity index (χ1n) is 9.02. The Morgan fingerprint density at radius 1 is 1.29 bits per heavy atom. The van der Waals surface area contributed by atoms with E-state index in [9.17, 15) is 14.3 Å². The summed E-state index contributed by atoms with van der Waals surface area (Å²) in [6.07, 6.45) is 4.82. The number of nitrogens with one attached hydrogen (secondary N) is 1. The van der Waals surface area contributed by atoms with E-state index in [1.165, 1.54) is 12.1 Å². The normalized spacial score (nSPS) is 30.4. The number of halogens is 1. The summed E-state index contributed by atoms with van der Waals surface area (Å²) < 4.78 is 13.0. The molecule has 1 aromatic rings. The molecule has 1 aliphatic carbocycles. The van der Waals surface area contributed by atoms with E-state index in [4.69, 9.17) is 0 Å². The van der Waals surface area contributed by atoms with E-state index in [0.29, 0.717) is 5.92 Å². The van der Waals surface area contributed by atoms with Crippen LogP contribution < -0.4 is 5.32 Å². The average Bonchev–Trinajstić information content (AvgIpc) is 3.04. The predicted octanol–water partition coefficient (Wildman–Crippen LogP) is 3.26. The summed E-state index contributed by atoms with van der Waals surface area (Å²) in [5.41, 5.74) is 1.15. The number of nitrogens with zero attached hydrogens (tertiary/aromatic N) is 1. The molecule has 0 bridgehead atoms. The van der Waals surface area contributed by atoms with Gasteiger partial charge in [0, 0.05) is 31.2 Å².